The molecule has 0 bridgehead atoms. The van der Waals surface area contributed by atoms with E-state index in [0.29, 0.717) is 18.9 Å². The molecular weight excluding hydrogens is 332 g/mol. The van der Waals surface area contributed by atoms with Crippen molar-refractivity contribution in [2.24, 2.45) is 0 Å². The second kappa shape index (κ2) is 7.34. The van der Waals surface area contributed by atoms with E-state index in [2.05, 4.69) is 30.4 Å². The summed E-state index contributed by atoms with van der Waals surface area (Å²) >= 11 is 0. The summed E-state index contributed by atoms with van der Waals surface area (Å²) < 4.78 is 3.04. The Kier molecular flexibility index (Phi) is 4.59. The summed E-state index contributed by atoms with van der Waals surface area (Å²) in [5, 5.41) is 11.7. The zero-order chi connectivity index (χ0) is 17.8. The third-order valence-corrected chi connectivity index (χ3v) is 4.30. The van der Waals surface area contributed by atoms with Crippen molar-refractivity contribution < 1.29 is 0 Å². The molecule has 1 saturated heterocycles. The van der Waals surface area contributed by atoms with Crippen molar-refractivity contribution in [1.29, 1.82) is 0 Å². The van der Waals surface area contributed by atoms with E-state index in [1.54, 1.807) is 29.5 Å². The van der Waals surface area contributed by atoms with Crippen LogP contribution in [0.25, 0.3) is 5.82 Å². The van der Waals surface area contributed by atoms with Crippen molar-refractivity contribution in [3.8, 4) is 5.82 Å². The van der Waals surface area contributed by atoms with Crippen LogP contribution in [0.5, 0.6) is 0 Å². The van der Waals surface area contributed by atoms with Crippen LogP contribution >= 0.6 is 0 Å². The summed E-state index contributed by atoms with van der Waals surface area (Å²) in [6.45, 7) is 3.04. The van der Waals surface area contributed by atoms with Crippen LogP contribution in [0.2, 0.25) is 0 Å². The molecule has 1 aliphatic heterocycles. The van der Waals surface area contributed by atoms with Gasteiger partial charge in [-0.05, 0) is 25.0 Å². The second-order valence-corrected chi connectivity index (χ2v) is 6.09. The van der Waals surface area contributed by atoms with Crippen molar-refractivity contribution in [3.05, 3.63) is 53.3 Å². The van der Waals surface area contributed by atoms with Gasteiger partial charge in [0.15, 0.2) is 5.82 Å². The molecule has 3 aromatic heterocycles. The molecule has 0 unspecified atom stereocenters. The third kappa shape index (κ3) is 3.56. The fourth-order valence-electron chi connectivity index (χ4n) is 2.98. The van der Waals surface area contributed by atoms with Crippen LogP contribution in [-0.4, -0.2) is 49.2 Å². The number of hydrogen-bond donors (Lipinski definition) is 1. The summed E-state index contributed by atoms with van der Waals surface area (Å²) in [6, 6.07) is 6.92. The summed E-state index contributed by atoms with van der Waals surface area (Å²) in [4.78, 5) is 22.9. The van der Waals surface area contributed by atoms with E-state index in [-0.39, 0.29) is 5.56 Å². The molecule has 1 fully saturated rings. The van der Waals surface area contributed by atoms with Crippen molar-refractivity contribution in [2.45, 2.75) is 19.4 Å². The van der Waals surface area contributed by atoms with Gasteiger partial charge in [0.1, 0.15) is 18.0 Å². The minimum Gasteiger partial charge on any atom is -0.368 e. The fourth-order valence-corrected chi connectivity index (χ4v) is 2.98. The summed E-state index contributed by atoms with van der Waals surface area (Å²) in [5.41, 5.74) is -0.150. The molecule has 0 radical (unpaired) electrons. The van der Waals surface area contributed by atoms with Crippen LogP contribution in [0.15, 0.2) is 47.8 Å². The average Bonchev–Trinajstić information content (AvgIpc) is 3.38. The minimum absolute atomic E-state index is 0.150. The molecule has 3 aromatic rings. The van der Waals surface area contributed by atoms with Crippen LogP contribution in [0.3, 0.4) is 0 Å². The van der Waals surface area contributed by atoms with Gasteiger partial charge in [-0.2, -0.15) is 5.10 Å². The monoisotopic (exact) mass is 352 g/mol. The number of nitrogens with one attached hydrogen (secondary N) is 1. The molecule has 4 heterocycles. The minimum atomic E-state index is -0.150. The van der Waals surface area contributed by atoms with E-state index in [9.17, 15) is 4.79 Å². The first kappa shape index (κ1) is 16.2. The number of hydrogen-bond acceptors (Lipinski definition) is 7. The molecule has 1 N–H and O–H groups in total. The van der Waals surface area contributed by atoms with Gasteiger partial charge in [0.05, 0.1) is 6.54 Å². The number of nitrogens with zero attached hydrogens (tertiary/aromatic N) is 7. The van der Waals surface area contributed by atoms with Crippen LogP contribution in [0, 0.1) is 0 Å². The van der Waals surface area contributed by atoms with Gasteiger partial charge in [-0.1, -0.05) is 0 Å². The highest BCUT2D eigenvalue weighted by Crippen LogP contribution is 2.19. The molecule has 0 atom stereocenters. The third-order valence-electron chi connectivity index (χ3n) is 4.30. The molecule has 0 spiro atoms. The Bertz CT molecular complexity index is 915. The van der Waals surface area contributed by atoms with Crippen LogP contribution < -0.4 is 15.8 Å². The Balaban J connectivity index is 1.41. The Morgan fingerprint density at radius 2 is 2.00 bits per heavy atom. The van der Waals surface area contributed by atoms with E-state index in [1.165, 1.54) is 23.6 Å². The predicted molar refractivity (Wildman–Crippen MR) is 97.6 cm³/mol. The topological polar surface area (TPSA) is 93.8 Å². The molecule has 9 heteroatoms. The molecule has 26 heavy (non-hydrogen) atoms. The van der Waals surface area contributed by atoms with Gasteiger partial charge in [-0.15, -0.1) is 5.10 Å². The predicted octanol–water partition coefficient (Wildman–Crippen LogP) is 0.931. The lowest BCUT2D eigenvalue weighted by Crippen LogP contribution is -2.27. The molecule has 0 aromatic carbocycles. The quantitative estimate of drug-likeness (QED) is 0.705. The van der Waals surface area contributed by atoms with Gasteiger partial charge in [0, 0.05) is 44.2 Å². The summed E-state index contributed by atoms with van der Waals surface area (Å²) in [6.07, 6.45) is 7.43. The SMILES string of the molecule is O=c1ccc(-n2cccn2)nn1CCNc1cc(N2CCCC2)ncn1. The molecular formula is C17H20N8O. The first-order valence-corrected chi connectivity index (χ1v) is 8.69. The van der Waals surface area contributed by atoms with Crippen molar-refractivity contribution >= 4 is 11.6 Å². The molecule has 1 aliphatic rings. The second-order valence-electron chi connectivity index (χ2n) is 6.09. The van der Waals surface area contributed by atoms with Gasteiger partial charge < -0.3 is 10.2 Å². The van der Waals surface area contributed by atoms with Crippen molar-refractivity contribution in [1.82, 2.24) is 29.5 Å². The van der Waals surface area contributed by atoms with Crippen molar-refractivity contribution in [3.63, 3.8) is 0 Å². The van der Waals surface area contributed by atoms with Gasteiger partial charge in [-0.3, -0.25) is 4.79 Å². The summed E-state index contributed by atoms with van der Waals surface area (Å²) in [7, 11) is 0. The highest BCUT2D eigenvalue weighted by Gasteiger charge is 2.13. The Labute approximate surface area is 150 Å². The van der Waals surface area contributed by atoms with Crippen LogP contribution in [0.1, 0.15) is 12.8 Å². The van der Waals surface area contributed by atoms with Gasteiger partial charge in [0.25, 0.3) is 5.56 Å². The first-order chi connectivity index (χ1) is 12.8. The molecule has 0 amide bonds. The van der Waals surface area contributed by atoms with E-state index >= 15 is 0 Å². The lowest BCUT2D eigenvalue weighted by Gasteiger charge is -2.16. The van der Waals surface area contributed by atoms with E-state index < -0.39 is 0 Å². The molecule has 4 rings (SSSR count). The maximum Gasteiger partial charge on any atom is 0.266 e. The highest BCUT2D eigenvalue weighted by atomic mass is 16.1. The number of anilines is 2. The molecule has 0 aliphatic carbocycles. The maximum atomic E-state index is 12.0. The van der Waals surface area contributed by atoms with Crippen molar-refractivity contribution in [2.75, 3.05) is 29.9 Å². The Morgan fingerprint density at radius 3 is 2.81 bits per heavy atom. The summed E-state index contributed by atoms with van der Waals surface area (Å²) in [5.74, 6) is 2.29. The van der Waals surface area contributed by atoms with Gasteiger partial charge >= 0.3 is 0 Å². The lowest BCUT2D eigenvalue weighted by molar-refractivity contribution is 0.583. The normalized spacial score (nSPS) is 13.9. The lowest BCUT2D eigenvalue weighted by atomic mass is 10.4. The zero-order valence-corrected chi connectivity index (χ0v) is 14.3. The largest absolute Gasteiger partial charge is 0.368 e. The highest BCUT2D eigenvalue weighted by molar-refractivity contribution is 5.48. The standard InChI is InChI=1S/C17H20N8O/c26-17-5-4-15(24-10-3-6-21-24)22-25(17)11-7-18-14-12-16(20-13-19-14)23-8-1-2-9-23/h3-6,10,12-13H,1-2,7-9,11H2,(H,18,19,20). The van der Waals surface area contributed by atoms with Crippen LogP contribution in [-0.2, 0) is 6.54 Å². The zero-order valence-electron chi connectivity index (χ0n) is 14.3. The van der Waals surface area contributed by atoms with Gasteiger partial charge in [0.2, 0.25) is 0 Å². The van der Waals surface area contributed by atoms with Crippen LogP contribution in [0.4, 0.5) is 11.6 Å². The first-order valence-electron chi connectivity index (χ1n) is 8.69. The Morgan fingerprint density at radius 1 is 1.12 bits per heavy atom. The maximum absolute atomic E-state index is 12.0. The van der Waals surface area contributed by atoms with Gasteiger partial charge in [-0.25, -0.2) is 19.3 Å². The van der Waals surface area contributed by atoms with E-state index in [0.717, 1.165) is 24.7 Å². The molecule has 0 saturated carbocycles. The number of rotatable bonds is 6. The number of aromatic nitrogens is 6. The average molecular weight is 352 g/mol. The Hall–Kier alpha value is -3.23. The van der Waals surface area contributed by atoms with E-state index in [4.69, 9.17) is 0 Å². The van der Waals surface area contributed by atoms with E-state index in [1.807, 2.05) is 12.1 Å². The fraction of sp³-hybridized carbons (Fsp3) is 0.353. The molecule has 9 nitrogen and oxygen atoms in total. The smallest absolute Gasteiger partial charge is 0.266 e. The molecule has 134 valence electrons.